The lowest BCUT2D eigenvalue weighted by Crippen LogP contribution is -2.22. The van der Waals surface area contributed by atoms with Crippen LogP contribution in [0.3, 0.4) is 0 Å². The topological polar surface area (TPSA) is 90.6 Å². The lowest BCUT2D eigenvalue weighted by molar-refractivity contribution is 0.0951. The van der Waals surface area contributed by atoms with Crippen molar-refractivity contribution in [1.29, 1.82) is 0 Å². The van der Waals surface area contributed by atoms with Crippen molar-refractivity contribution in [2.75, 3.05) is 13.7 Å². The molecular formula is C26H22FN5O3. The Balaban J connectivity index is 1.47. The SMILES string of the molecule is CCOc1cc(-c2ccc(F)cc2OC)nc2cc(C(=O)NCc3ccn4ncnc4c3)ccc12. The van der Waals surface area contributed by atoms with Crippen LogP contribution in [0, 0.1) is 5.82 Å². The van der Waals surface area contributed by atoms with Crippen molar-refractivity contribution in [3.63, 3.8) is 0 Å². The first-order valence-corrected chi connectivity index (χ1v) is 11.0. The van der Waals surface area contributed by atoms with E-state index in [1.807, 2.05) is 25.1 Å². The molecule has 0 bridgehead atoms. The molecule has 0 atom stereocenters. The quantitative estimate of drug-likeness (QED) is 0.378. The average molecular weight is 471 g/mol. The van der Waals surface area contributed by atoms with Gasteiger partial charge in [0.05, 0.1) is 24.9 Å². The molecule has 1 N–H and O–H groups in total. The monoisotopic (exact) mass is 471 g/mol. The molecule has 1 amide bonds. The molecule has 0 aliphatic rings. The molecule has 0 aliphatic heterocycles. The second-order valence-corrected chi connectivity index (χ2v) is 7.80. The largest absolute Gasteiger partial charge is 0.496 e. The van der Waals surface area contributed by atoms with Gasteiger partial charge in [-0.3, -0.25) is 4.79 Å². The Bertz CT molecular complexity index is 1550. The third-order valence-corrected chi connectivity index (χ3v) is 5.57. The molecule has 0 fully saturated rings. The van der Waals surface area contributed by atoms with Gasteiger partial charge in [-0.25, -0.2) is 18.9 Å². The Morgan fingerprint density at radius 1 is 1.09 bits per heavy atom. The van der Waals surface area contributed by atoms with Crippen LogP contribution in [-0.2, 0) is 6.54 Å². The standard InChI is InChI=1S/C26H22FN5O3/c1-3-35-24-13-22(19-7-5-18(27)12-23(19)34-2)31-21-11-17(4-6-20(21)24)26(33)28-14-16-8-9-32-25(10-16)29-15-30-32/h4-13,15H,3,14H2,1-2H3,(H,28,33). The van der Waals surface area contributed by atoms with E-state index in [-0.39, 0.29) is 5.91 Å². The van der Waals surface area contributed by atoms with E-state index in [9.17, 15) is 9.18 Å². The molecule has 3 aromatic heterocycles. The number of hydrogen-bond donors (Lipinski definition) is 1. The van der Waals surface area contributed by atoms with Gasteiger partial charge >= 0.3 is 0 Å². The van der Waals surface area contributed by atoms with Crippen LogP contribution in [0.4, 0.5) is 4.39 Å². The predicted octanol–water partition coefficient (Wildman–Crippen LogP) is 4.42. The summed E-state index contributed by atoms with van der Waals surface area (Å²) in [5, 5.41) is 7.77. The second-order valence-electron chi connectivity index (χ2n) is 7.80. The van der Waals surface area contributed by atoms with E-state index in [4.69, 9.17) is 14.5 Å². The van der Waals surface area contributed by atoms with Gasteiger partial charge in [-0.05, 0) is 55.0 Å². The summed E-state index contributed by atoms with van der Waals surface area (Å²) < 4.78 is 26.6. The minimum absolute atomic E-state index is 0.238. The molecular weight excluding hydrogens is 449 g/mol. The smallest absolute Gasteiger partial charge is 0.251 e. The van der Waals surface area contributed by atoms with Crippen LogP contribution in [-0.4, -0.2) is 39.2 Å². The van der Waals surface area contributed by atoms with Crippen LogP contribution in [0.2, 0.25) is 0 Å². The summed E-state index contributed by atoms with van der Waals surface area (Å²) in [5.74, 6) is 0.335. The van der Waals surface area contributed by atoms with Crippen molar-refractivity contribution >= 4 is 22.5 Å². The molecule has 0 spiro atoms. The molecule has 3 heterocycles. The van der Waals surface area contributed by atoms with Gasteiger partial charge in [-0.1, -0.05) is 0 Å². The van der Waals surface area contributed by atoms with E-state index < -0.39 is 5.82 Å². The van der Waals surface area contributed by atoms with Gasteiger partial charge in [-0.15, -0.1) is 0 Å². The van der Waals surface area contributed by atoms with Crippen LogP contribution in [0.15, 0.2) is 67.1 Å². The molecule has 0 saturated carbocycles. The first-order valence-electron chi connectivity index (χ1n) is 11.0. The number of carbonyl (C=O) groups is 1. The Labute approximate surface area is 200 Å². The van der Waals surface area contributed by atoms with Crippen molar-refractivity contribution in [3.05, 3.63) is 84.1 Å². The molecule has 35 heavy (non-hydrogen) atoms. The van der Waals surface area contributed by atoms with Gasteiger partial charge in [-0.2, -0.15) is 5.10 Å². The number of methoxy groups -OCH3 is 1. The zero-order valence-corrected chi connectivity index (χ0v) is 19.2. The van der Waals surface area contributed by atoms with Gasteiger partial charge in [0.2, 0.25) is 0 Å². The minimum atomic E-state index is -0.404. The van der Waals surface area contributed by atoms with Crippen molar-refractivity contribution in [1.82, 2.24) is 24.9 Å². The number of carbonyl (C=O) groups excluding carboxylic acids is 1. The van der Waals surface area contributed by atoms with Crippen LogP contribution in [0.25, 0.3) is 27.8 Å². The summed E-state index contributed by atoms with van der Waals surface area (Å²) in [6.45, 7) is 2.69. The number of rotatable bonds is 7. The number of nitrogens with zero attached hydrogens (tertiary/aromatic N) is 4. The molecule has 2 aromatic carbocycles. The van der Waals surface area contributed by atoms with E-state index >= 15 is 0 Å². The number of ether oxygens (including phenoxy) is 2. The van der Waals surface area contributed by atoms with Crippen LogP contribution >= 0.6 is 0 Å². The van der Waals surface area contributed by atoms with Crippen LogP contribution < -0.4 is 14.8 Å². The number of aromatic nitrogens is 4. The normalized spacial score (nSPS) is 11.1. The maximum Gasteiger partial charge on any atom is 0.251 e. The molecule has 176 valence electrons. The fourth-order valence-electron chi connectivity index (χ4n) is 3.88. The Kier molecular flexibility index (Phi) is 5.97. The number of amides is 1. The first-order chi connectivity index (χ1) is 17.1. The van der Waals surface area contributed by atoms with Gasteiger partial charge in [0.25, 0.3) is 5.91 Å². The molecule has 0 radical (unpaired) electrons. The van der Waals surface area contributed by atoms with Crippen molar-refractivity contribution in [2.45, 2.75) is 13.5 Å². The lowest BCUT2D eigenvalue weighted by Gasteiger charge is -2.13. The maximum atomic E-state index is 13.7. The van der Waals surface area contributed by atoms with Gasteiger partial charge in [0.1, 0.15) is 23.6 Å². The van der Waals surface area contributed by atoms with Crippen molar-refractivity contribution in [2.24, 2.45) is 0 Å². The van der Waals surface area contributed by atoms with E-state index in [0.717, 1.165) is 10.9 Å². The Morgan fingerprint density at radius 2 is 1.97 bits per heavy atom. The third-order valence-electron chi connectivity index (χ3n) is 5.57. The summed E-state index contributed by atoms with van der Waals surface area (Å²) in [4.78, 5) is 21.8. The Morgan fingerprint density at radius 3 is 2.80 bits per heavy atom. The lowest BCUT2D eigenvalue weighted by atomic mass is 10.1. The summed E-state index contributed by atoms with van der Waals surface area (Å²) in [6, 6.07) is 15.1. The molecule has 0 unspecified atom stereocenters. The van der Waals surface area contributed by atoms with E-state index in [0.29, 0.717) is 52.6 Å². The van der Waals surface area contributed by atoms with Crippen molar-refractivity contribution < 1.29 is 18.7 Å². The summed E-state index contributed by atoms with van der Waals surface area (Å²) >= 11 is 0. The zero-order valence-electron chi connectivity index (χ0n) is 19.2. The highest BCUT2D eigenvalue weighted by molar-refractivity contribution is 5.99. The van der Waals surface area contributed by atoms with Crippen molar-refractivity contribution in [3.8, 4) is 22.8 Å². The number of fused-ring (bicyclic) bond motifs is 2. The van der Waals surface area contributed by atoms with E-state index in [2.05, 4.69) is 15.4 Å². The summed E-state index contributed by atoms with van der Waals surface area (Å²) in [7, 11) is 1.48. The van der Waals surface area contributed by atoms with Gasteiger partial charge < -0.3 is 14.8 Å². The summed E-state index contributed by atoms with van der Waals surface area (Å²) in [6.07, 6.45) is 3.27. The highest BCUT2D eigenvalue weighted by Gasteiger charge is 2.15. The van der Waals surface area contributed by atoms with Gasteiger partial charge in [0, 0.05) is 41.4 Å². The molecule has 9 heteroatoms. The average Bonchev–Trinajstić information content (AvgIpc) is 3.35. The molecule has 5 rings (SSSR count). The number of halogens is 1. The van der Waals surface area contributed by atoms with Gasteiger partial charge in [0.15, 0.2) is 5.65 Å². The number of pyridine rings is 2. The molecule has 0 aliphatic carbocycles. The number of hydrogen-bond acceptors (Lipinski definition) is 6. The number of benzene rings is 2. The van der Waals surface area contributed by atoms with Crippen LogP contribution in [0.1, 0.15) is 22.8 Å². The number of nitrogens with one attached hydrogen (secondary N) is 1. The van der Waals surface area contributed by atoms with E-state index in [1.165, 1.54) is 25.6 Å². The summed E-state index contributed by atoms with van der Waals surface area (Å²) in [5.41, 5.74) is 3.82. The third kappa shape index (κ3) is 4.48. The highest BCUT2D eigenvalue weighted by atomic mass is 19.1. The first kappa shape index (κ1) is 22.3. The Hall–Kier alpha value is -4.53. The molecule has 8 nitrogen and oxygen atoms in total. The second kappa shape index (κ2) is 9.38. The highest BCUT2D eigenvalue weighted by Crippen LogP contribution is 2.35. The fraction of sp³-hybridized carbons (Fsp3) is 0.154. The predicted molar refractivity (Wildman–Crippen MR) is 129 cm³/mol. The minimum Gasteiger partial charge on any atom is -0.496 e. The zero-order chi connectivity index (χ0) is 24.4. The van der Waals surface area contributed by atoms with E-state index in [1.54, 1.807) is 35.0 Å². The maximum absolute atomic E-state index is 13.7. The fourth-order valence-corrected chi connectivity index (χ4v) is 3.88. The van der Waals surface area contributed by atoms with Crippen LogP contribution in [0.5, 0.6) is 11.5 Å². The molecule has 0 saturated heterocycles. The molecule has 5 aromatic rings.